The van der Waals surface area contributed by atoms with Crippen LogP contribution in [0.5, 0.6) is 0 Å². The molecular formula is C20H24N2O3S2. The van der Waals surface area contributed by atoms with Crippen LogP contribution in [0.25, 0.3) is 0 Å². The first-order valence-corrected chi connectivity index (χ1v) is 11.4. The number of carbonyl (C=O) groups is 1. The summed E-state index contributed by atoms with van der Waals surface area (Å²) < 4.78 is 26.6. The molecule has 0 aliphatic carbocycles. The van der Waals surface area contributed by atoms with Gasteiger partial charge in [0.25, 0.3) is 0 Å². The van der Waals surface area contributed by atoms with E-state index in [0.717, 1.165) is 23.3 Å². The number of anilines is 1. The maximum Gasteiger partial charge on any atom is 0.243 e. The van der Waals surface area contributed by atoms with E-state index in [-0.39, 0.29) is 10.8 Å². The molecule has 0 unspecified atom stereocenters. The monoisotopic (exact) mass is 404 g/mol. The molecule has 1 amide bonds. The Morgan fingerprint density at radius 2 is 1.74 bits per heavy atom. The zero-order valence-electron chi connectivity index (χ0n) is 15.6. The zero-order valence-corrected chi connectivity index (χ0v) is 17.2. The van der Waals surface area contributed by atoms with E-state index in [1.54, 1.807) is 24.3 Å². The van der Waals surface area contributed by atoms with Crippen molar-refractivity contribution in [3.05, 3.63) is 53.6 Å². The van der Waals surface area contributed by atoms with Gasteiger partial charge in [-0.15, -0.1) is 11.8 Å². The van der Waals surface area contributed by atoms with Crippen molar-refractivity contribution in [1.29, 1.82) is 0 Å². The van der Waals surface area contributed by atoms with Crippen molar-refractivity contribution in [1.82, 2.24) is 4.31 Å². The normalized spacial score (nSPS) is 15.0. The van der Waals surface area contributed by atoms with Crippen molar-refractivity contribution in [3.8, 4) is 0 Å². The molecule has 7 heteroatoms. The van der Waals surface area contributed by atoms with Gasteiger partial charge in [0.15, 0.2) is 0 Å². The average molecular weight is 405 g/mol. The van der Waals surface area contributed by atoms with E-state index in [1.165, 1.54) is 21.6 Å². The number of rotatable bonds is 6. The molecule has 2 aromatic rings. The van der Waals surface area contributed by atoms with Crippen LogP contribution in [0.2, 0.25) is 0 Å². The molecule has 0 atom stereocenters. The molecule has 0 radical (unpaired) electrons. The van der Waals surface area contributed by atoms with E-state index in [1.807, 2.05) is 26.0 Å². The van der Waals surface area contributed by atoms with E-state index in [9.17, 15) is 13.2 Å². The lowest BCUT2D eigenvalue weighted by Gasteiger charge is -2.15. The molecule has 3 rings (SSSR count). The minimum absolute atomic E-state index is 0.116. The molecule has 1 aliphatic heterocycles. The van der Waals surface area contributed by atoms with Crippen LogP contribution in [-0.4, -0.2) is 37.5 Å². The number of benzene rings is 2. The molecule has 0 saturated carbocycles. The number of amides is 1. The Labute approximate surface area is 165 Å². The Bertz CT molecular complexity index is 919. The Hall–Kier alpha value is -1.83. The molecule has 5 nitrogen and oxygen atoms in total. The van der Waals surface area contributed by atoms with Gasteiger partial charge in [-0.3, -0.25) is 4.79 Å². The molecule has 1 fully saturated rings. The molecule has 0 spiro atoms. The Morgan fingerprint density at radius 3 is 2.37 bits per heavy atom. The van der Waals surface area contributed by atoms with E-state index >= 15 is 0 Å². The van der Waals surface area contributed by atoms with Crippen molar-refractivity contribution in [2.24, 2.45) is 0 Å². The fraction of sp³-hybridized carbons (Fsp3) is 0.350. The van der Waals surface area contributed by atoms with Crippen LogP contribution in [-0.2, 0) is 14.8 Å². The third-order valence-corrected chi connectivity index (χ3v) is 7.62. The molecule has 0 aromatic heterocycles. The molecule has 1 saturated heterocycles. The summed E-state index contributed by atoms with van der Waals surface area (Å²) in [7, 11) is -3.42. The molecule has 27 heavy (non-hydrogen) atoms. The first kappa shape index (κ1) is 19.9. The standard InChI is InChI=1S/C20H24N2O3S2/c1-15-5-10-19(16(2)13-15)26-14-20(23)21-17-6-8-18(9-7-17)27(24,25)22-11-3-4-12-22/h5-10,13H,3-4,11-12,14H2,1-2H3,(H,21,23). The summed E-state index contributed by atoms with van der Waals surface area (Å²) in [6, 6.07) is 12.6. The van der Waals surface area contributed by atoms with E-state index in [4.69, 9.17) is 0 Å². The van der Waals surface area contributed by atoms with Crippen LogP contribution in [0.15, 0.2) is 52.3 Å². The van der Waals surface area contributed by atoms with E-state index < -0.39 is 10.0 Å². The smallest absolute Gasteiger partial charge is 0.243 e. The van der Waals surface area contributed by atoms with Gasteiger partial charge in [0.05, 0.1) is 10.6 Å². The van der Waals surface area contributed by atoms with Gasteiger partial charge in [-0.25, -0.2) is 8.42 Å². The number of aryl methyl sites for hydroxylation is 2. The molecule has 1 aliphatic rings. The van der Waals surface area contributed by atoms with Crippen molar-refractivity contribution < 1.29 is 13.2 Å². The van der Waals surface area contributed by atoms with Gasteiger partial charge in [-0.05, 0) is 62.6 Å². The number of carbonyl (C=O) groups excluding carboxylic acids is 1. The summed E-state index contributed by atoms with van der Waals surface area (Å²) in [6.45, 7) is 5.24. The Kier molecular flexibility index (Phi) is 6.24. The molecule has 144 valence electrons. The highest BCUT2D eigenvalue weighted by Gasteiger charge is 2.26. The largest absolute Gasteiger partial charge is 0.325 e. The fourth-order valence-electron chi connectivity index (χ4n) is 3.09. The van der Waals surface area contributed by atoms with Crippen LogP contribution in [0.1, 0.15) is 24.0 Å². The van der Waals surface area contributed by atoms with Gasteiger partial charge >= 0.3 is 0 Å². The minimum Gasteiger partial charge on any atom is -0.325 e. The fourth-order valence-corrected chi connectivity index (χ4v) is 5.42. The van der Waals surface area contributed by atoms with Crippen LogP contribution in [0, 0.1) is 13.8 Å². The van der Waals surface area contributed by atoms with E-state index in [0.29, 0.717) is 24.5 Å². The molecule has 1 N–H and O–H groups in total. The van der Waals surface area contributed by atoms with Crippen molar-refractivity contribution in [2.75, 3.05) is 24.2 Å². The first-order valence-electron chi connectivity index (χ1n) is 8.96. The van der Waals surface area contributed by atoms with Gasteiger partial charge in [0, 0.05) is 23.7 Å². The summed E-state index contributed by atoms with van der Waals surface area (Å²) in [5, 5.41) is 2.82. The van der Waals surface area contributed by atoms with Crippen molar-refractivity contribution in [3.63, 3.8) is 0 Å². The Balaban J connectivity index is 1.58. The second-order valence-corrected chi connectivity index (χ2v) is 9.70. The highest BCUT2D eigenvalue weighted by molar-refractivity contribution is 8.00. The zero-order chi connectivity index (χ0) is 19.4. The summed E-state index contributed by atoms with van der Waals surface area (Å²) >= 11 is 1.49. The summed E-state index contributed by atoms with van der Waals surface area (Å²) in [5.41, 5.74) is 2.95. The van der Waals surface area contributed by atoms with Crippen LogP contribution >= 0.6 is 11.8 Å². The molecule has 0 bridgehead atoms. The van der Waals surface area contributed by atoms with Gasteiger partial charge in [0.1, 0.15) is 0 Å². The topological polar surface area (TPSA) is 66.5 Å². The van der Waals surface area contributed by atoms with Crippen LogP contribution in [0.4, 0.5) is 5.69 Å². The molecule has 2 aromatic carbocycles. The minimum atomic E-state index is -3.42. The molecule has 1 heterocycles. The lowest BCUT2D eigenvalue weighted by molar-refractivity contribution is -0.113. The predicted octanol–water partition coefficient (Wildman–Crippen LogP) is 3.82. The first-order chi connectivity index (χ1) is 12.9. The number of hydrogen-bond acceptors (Lipinski definition) is 4. The summed E-state index contributed by atoms with van der Waals surface area (Å²) in [4.78, 5) is 13.6. The second-order valence-electron chi connectivity index (χ2n) is 6.74. The van der Waals surface area contributed by atoms with Crippen LogP contribution < -0.4 is 5.32 Å². The van der Waals surface area contributed by atoms with E-state index in [2.05, 4.69) is 11.4 Å². The summed E-state index contributed by atoms with van der Waals surface area (Å²) in [6.07, 6.45) is 1.82. The quantitative estimate of drug-likeness (QED) is 0.744. The summed E-state index contributed by atoms with van der Waals surface area (Å²) in [5.74, 6) is 0.188. The number of sulfonamides is 1. The lowest BCUT2D eigenvalue weighted by atomic mass is 10.2. The van der Waals surface area contributed by atoms with Crippen LogP contribution in [0.3, 0.4) is 0 Å². The second kappa shape index (κ2) is 8.46. The SMILES string of the molecule is Cc1ccc(SCC(=O)Nc2ccc(S(=O)(=O)N3CCCC3)cc2)c(C)c1. The van der Waals surface area contributed by atoms with Gasteiger partial charge in [-0.1, -0.05) is 17.7 Å². The van der Waals surface area contributed by atoms with Gasteiger partial charge in [0.2, 0.25) is 15.9 Å². The third kappa shape index (κ3) is 4.91. The Morgan fingerprint density at radius 1 is 1.07 bits per heavy atom. The lowest BCUT2D eigenvalue weighted by Crippen LogP contribution is -2.27. The average Bonchev–Trinajstić information content (AvgIpc) is 3.17. The van der Waals surface area contributed by atoms with Gasteiger partial charge in [-0.2, -0.15) is 4.31 Å². The highest BCUT2D eigenvalue weighted by atomic mass is 32.2. The number of nitrogens with one attached hydrogen (secondary N) is 1. The molecular weight excluding hydrogens is 380 g/mol. The van der Waals surface area contributed by atoms with Crippen molar-refractivity contribution >= 4 is 33.4 Å². The third-order valence-electron chi connectivity index (χ3n) is 4.53. The maximum absolute atomic E-state index is 12.5. The number of thioether (sulfide) groups is 1. The number of nitrogens with zero attached hydrogens (tertiary/aromatic N) is 1. The number of hydrogen-bond donors (Lipinski definition) is 1. The van der Waals surface area contributed by atoms with Crippen molar-refractivity contribution in [2.45, 2.75) is 36.5 Å². The maximum atomic E-state index is 12.5. The highest BCUT2D eigenvalue weighted by Crippen LogP contribution is 2.24. The van der Waals surface area contributed by atoms with Gasteiger partial charge < -0.3 is 5.32 Å². The predicted molar refractivity (Wildman–Crippen MR) is 110 cm³/mol.